The Labute approximate surface area is 135 Å². The average molecular weight is 321 g/mol. The SMILES string of the molecule is CN(C)C[C@@H](NC(=O)Cc1cnn(C)c1)c1ccc(Cl)cc1. The third-order valence-electron chi connectivity index (χ3n) is 3.28. The maximum Gasteiger partial charge on any atom is 0.225 e. The lowest BCUT2D eigenvalue weighted by atomic mass is 10.1. The molecule has 0 saturated carbocycles. The highest BCUT2D eigenvalue weighted by molar-refractivity contribution is 6.30. The molecule has 2 rings (SSSR count). The summed E-state index contributed by atoms with van der Waals surface area (Å²) in [5, 5.41) is 7.85. The smallest absolute Gasteiger partial charge is 0.225 e. The minimum absolute atomic E-state index is 0.0187. The number of hydrogen-bond acceptors (Lipinski definition) is 3. The molecule has 2 aromatic rings. The van der Waals surface area contributed by atoms with E-state index in [0.717, 1.165) is 17.7 Å². The van der Waals surface area contributed by atoms with Crippen LogP contribution in [-0.2, 0) is 18.3 Å². The number of nitrogens with zero attached hydrogens (tertiary/aromatic N) is 3. The van der Waals surface area contributed by atoms with E-state index in [-0.39, 0.29) is 11.9 Å². The Bertz CT molecular complexity index is 621. The number of hydrogen-bond donors (Lipinski definition) is 1. The Hall–Kier alpha value is -1.85. The van der Waals surface area contributed by atoms with Crippen LogP contribution in [0.25, 0.3) is 0 Å². The second-order valence-electron chi connectivity index (χ2n) is 5.63. The molecule has 1 amide bonds. The van der Waals surface area contributed by atoms with Gasteiger partial charge in [-0.3, -0.25) is 9.48 Å². The summed E-state index contributed by atoms with van der Waals surface area (Å²) >= 11 is 5.93. The molecule has 1 aromatic carbocycles. The Morgan fingerprint density at radius 1 is 1.36 bits per heavy atom. The molecule has 6 heteroatoms. The van der Waals surface area contributed by atoms with Crippen LogP contribution in [0.3, 0.4) is 0 Å². The number of carbonyl (C=O) groups is 1. The first kappa shape index (κ1) is 16.5. The largest absolute Gasteiger partial charge is 0.348 e. The summed E-state index contributed by atoms with van der Waals surface area (Å²) in [4.78, 5) is 14.3. The third-order valence-corrected chi connectivity index (χ3v) is 3.53. The van der Waals surface area contributed by atoms with Gasteiger partial charge in [0.1, 0.15) is 0 Å². The summed E-state index contributed by atoms with van der Waals surface area (Å²) in [5.74, 6) is -0.0187. The maximum absolute atomic E-state index is 12.3. The zero-order valence-electron chi connectivity index (χ0n) is 13.1. The molecule has 0 radical (unpaired) electrons. The van der Waals surface area contributed by atoms with Gasteiger partial charge in [0.15, 0.2) is 0 Å². The highest BCUT2D eigenvalue weighted by Crippen LogP contribution is 2.17. The van der Waals surface area contributed by atoms with E-state index in [1.54, 1.807) is 10.9 Å². The Kier molecular flexibility index (Phi) is 5.57. The van der Waals surface area contributed by atoms with E-state index in [9.17, 15) is 4.79 Å². The van der Waals surface area contributed by atoms with Crippen LogP contribution in [0.15, 0.2) is 36.7 Å². The normalized spacial score (nSPS) is 12.4. The molecule has 5 nitrogen and oxygen atoms in total. The average Bonchev–Trinajstić information content (AvgIpc) is 2.83. The molecule has 0 bridgehead atoms. The first-order valence-corrected chi connectivity index (χ1v) is 7.49. The van der Waals surface area contributed by atoms with Crippen LogP contribution in [-0.4, -0.2) is 41.2 Å². The minimum atomic E-state index is -0.0727. The van der Waals surface area contributed by atoms with E-state index < -0.39 is 0 Å². The first-order chi connectivity index (χ1) is 10.4. The fourth-order valence-corrected chi connectivity index (χ4v) is 2.41. The maximum atomic E-state index is 12.3. The van der Waals surface area contributed by atoms with E-state index in [1.165, 1.54) is 0 Å². The van der Waals surface area contributed by atoms with E-state index in [4.69, 9.17) is 11.6 Å². The van der Waals surface area contributed by atoms with Crippen molar-refractivity contribution in [2.45, 2.75) is 12.5 Å². The summed E-state index contributed by atoms with van der Waals surface area (Å²) in [5.41, 5.74) is 1.94. The number of aryl methyl sites for hydroxylation is 1. The number of rotatable bonds is 6. The molecule has 0 unspecified atom stereocenters. The van der Waals surface area contributed by atoms with Crippen LogP contribution in [0.4, 0.5) is 0 Å². The molecule has 0 aliphatic heterocycles. The van der Waals surface area contributed by atoms with Crippen molar-refractivity contribution in [2.75, 3.05) is 20.6 Å². The summed E-state index contributed by atoms with van der Waals surface area (Å²) in [7, 11) is 5.80. The number of aromatic nitrogens is 2. The Balaban J connectivity index is 2.05. The molecular formula is C16H21ClN4O. The molecule has 22 heavy (non-hydrogen) atoms. The van der Waals surface area contributed by atoms with Crippen molar-refractivity contribution >= 4 is 17.5 Å². The van der Waals surface area contributed by atoms with Gasteiger partial charge in [-0.05, 0) is 37.4 Å². The number of carbonyl (C=O) groups excluding carboxylic acids is 1. The number of nitrogens with one attached hydrogen (secondary N) is 1. The van der Waals surface area contributed by atoms with Crippen LogP contribution < -0.4 is 5.32 Å². The number of likely N-dealkylation sites (N-methyl/N-ethyl adjacent to an activating group) is 1. The predicted molar refractivity (Wildman–Crippen MR) is 87.8 cm³/mol. The molecule has 1 N–H and O–H groups in total. The van der Waals surface area contributed by atoms with E-state index in [2.05, 4.69) is 10.4 Å². The van der Waals surface area contributed by atoms with Gasteiger partial charge in [-0.25, -0.2) is 0 Å². The van der Waals surface area contributed by atoms with Gasteiger partial charge in [-0.15, -0.1) is 0 Å². The summed E-state index contributed by atoms with van der Waals surface area (Å²) in [6.45, 7) is 0.723. The fourth-order valence-electron chi connectivity index (χ4n) is 2.29. The monoisotopic (exact) mass is 320 g/mol. The Morgan fingerprint density at radius 3 is 2.59 bits per heavy atom. The second kappa shape index (κ2) is 7.42. The van der Waals surface area contributed by atoms with Gasteiger partial charge in [-0.2, -0.15) is 5.10 Å². The predicted octanol–water partition coefficient (Wildman–Crippen LogP) is 2.04. The lowest BCUT2D eigenvalue weighted by Crippen LogP contribution is -2.36. The van der Waals surface area contributed by atoms with E-state index in [1.807, 2.05) is 56.5 Å². The molecule has 0 saturated heterocycles. The quantitative estimate of drug-likeness (QED) is 0.886. The highest BCUT2D eigenvalue weighted by atomic mass is 35.5. The molecule has 1 aromatic heterocycles. The van der Waals surface area contributed by atoms with Crippen LogP contribution in [0, 0.1) is 0 Å². The molecular weight excluding hydrogens is 300 g/mol. The molecule has 118 valence electrons. The van der Waals surface area contributed by atoms with E-state index in [0.29, 0.717) is 11.4 Å². The van der Waals surface area contributed by atoms with Crippen molar-refractivity contribution in [3.63, 3.8) is 0 Å². The summed E-state index contributed by atoms with van der Waals surface area (Å²) in [6.07, 6.45) is 3.89. The van der Waals surface area contributed by atoms with Crippen molar-refractivity contribution in [1.29, 1.82) is 0 Å². The van der Waals surface area contributed by atoms with Crippen LogP contribution in [0.1, 0.15) is 17.2 Å². The zero-order chi connectivity index (χ0) is 16.1. The summed E-state index contributed by atoms with van der Waals surface area (Å²) < 4.78 is 1.69. The second-order valence-corrected chi connectivity index (χ2v) is 6.07. The van der Waals surface area contributed by atoms with Crippen molar-refractivity contribution in [3.05, 3.63) is 52.8 Å². The van der Waals surface area contributed by atoms with Crippen molar-refractivity contribution in [3.8, 4) is 0 Å². The standard InChI is InChI=1S/C16H21ClN4O/c1-20(2)11-15(13-4-6-14(17)7-5-13)19-16(22)8-12-9-18-21(3)10-12/h4-7,9-10,15H,8,11H2,1-3H3,(H,19,22)/t15-/m1/s1. The van der Waals surface area contributed by atoms with Crippen molar-refractivity contribution in [2.24, 2.45) is 7.05 Å². The fraction of sp³-hybridized carbons (Fsp3) is 0.375. The zero-order valence-corrected chi connectivity index (χ0v) is 13.8. The highest BCUT2D eigenvalue weighted by Gasteiger charge is 2.16. The lowest BCUT2D eigenvalue weighted by molar-refractivity contribution is -0.121. The molecule has 1 heterocycles. The number of amides is 1. The van der Waals surface area contributed by atoms with Crippen LogP contribution in [0.5, 0.6) is 0 Å². The first-order valence-electron chi connectivity index (χ1n) is 7.11. The van der Waals surface area contributed by atoms with Gasteiger partial charge < -0.3 is 10.2 Å². The number of benzene rings is 1. The Morgan fingerprint density at radius 2 is 2.05 bits per heavy atom. The van der Waals surface area contributed by atoms with Gasteiger partial charge >= 0.3 is 0 Å². The molecule has 0 aliphatic rings. The third kappa shape index (κ3) is 4.86. The molecule has 0 aliphatic carbocycles. The van der Waals surface area contributed by atoms with Crippen molar-refractivity contribution < 1.29 is 4.79 Å². The van der Waals surface area contributed by atoms with Gasteiger partial charge in [-0.1, -0.05) is 23.7 Å². The van der Waals surface area contributed by atoms with Crippen LogP contribution >= 0.6 is 11.6 Å². The van der Waals surface area contributed by atoms with Crippen molar-refractivity contribution in [1.82, 2.24) is 20.0 Å². The van der Waals surface area contributed by atoms with E-state index >= 15 is 0 Å². The van der Waals surface area contributed by atoms with Gasteiger partial charge in [0, 0.05) is 24.8 Å². The van der Waals surface area contributed by atoms with Gasteiger partial charge in [0.2, 0.25) is 5.91 Å². The molecule has 1 atom stereocenters. The summed E-state index contributed by atoms with van der Waals surface area (Å²) in [6, 6.07) is 7.50. The van der Waals surface area contributed by atoms with Gasteiger partial charge in [0.25, 0.3) is 0 Å². The van der Waals surface area contributed by atoms with Crippen LogP contribution in [0.2, 0.25) is 5.02 Å². The molecule has 0 spiro atoms. The number of halogens is 1. The van der Waals surface area contributed by atoms with Gasteiger partial charge in [0.05, 0.1) is 18.7 Å². The lowest BCUT2D eigenvalue weighted by Gasteiger charge is -2.23. The topological polar surface area (TPSA) is 50.2 Å². The minimum Gasteiger partial charge on any atom is -0.348 e. The molecule has 0 fully saturated rings.